The number of rotatable bonds is 3. The summed E-state index contributed by atoms with van der Waals surface area (Å²) in [5.41, 5.74) is 2.33. The third kappa shape index (κ3) is 2.75. The second-order valence-electron chi connectivity index (χ2n) is 9.09. The van der Waals surface area contributed by atoms with Gasteiger partial charge in [0.1, 0.15) is 10.5 Å². The Morgan fingerprint density at radius 2 is 2.06 bits per heavy atom. The molecule has 1 amide bonds. The molecule has 9 heteroatoms. The maximum Gasteiger partial charge on any atom is 0.410 e. The van der Waals surface area contributed by atoms with Crippen LogP contribution in [0, 0.1) is 17.7 Å². The molecule has 4 fully saturated rings. The zero-order valence-corrected chi connectivity index (χ0v) is 19.5. The number of aromatic nitrogens is 3. The SMILES string of the molecule is COC(=O)N1CCC[C@@H]1c1cc2c(SC)nc3c(F)c(Cl)ncc3c2n1[C@@H]1[C@@H]2CC[C@H]1C2. The third-order valence-electron chi connectivity index (χ3n) is 7.69. The van der Waals surface area contributed by atoms with Crippen molar-refractivity contribution in [2.45, 2.75) is 49.2 Å². The summed E-state index contributed by atoms with van der Waals surface area (Å²) in [6.07, 6.45) is 8.79. The molecule has 0 radical (unpaired) electrons. The highest BCUT2D eigenvalue weighted by Gasteiger charge is 2.49. The molecule has 6 nitrogen and oxygen atoms in total. The van der Waals surface area contributed by atoms with Gasteiger partial charge in [0.2, 0.25) is 0 Å². The van der Waals surface area contributed by atoms with Gasteiger partial charge in [-0.25, -0.2) is 19.2 Å². The number of ether oxygens (including phenoxy) is 1. The lowest BCUT2D eigenvalue weighted by Gasteiger charge is -2.40. The van der Waals surface area contributed by atoms with Crippen molar-refractivity contribution in [3.63, 3.8) is 0 Å². The molecule has 4 heterocycles. The summed E-state index contributed by atoms with van der Waals surface area (Å²) in [6.45, 7) is 0.677. The molecular weight excluding hydrogens is 451 g/mol. The number of carbonyl (C=O) groups excluding carboxylic acids is 1. The fourth-order valence-corrected chi connectivity index (χ4v) is 7.01. The van der Waals surface area contributed by atoms with Crippen LogP contribution in [-0.4, -0.2) is 45.4 Å². The summed E-state index contributed by atoms with van der Waals surface area (Å²) in [5.74, 6) is 0.658. The van der Waals surface area contributed by atoms with E-state index in [-0.39, 0.29) is 22.8 Å². The number of thioether (sulfide) groups is 1. The maximum absolute atomic E-state index is 15.0. The molecule has 0 spiro atoms. The summed E-state index contributed by atoms with van der Waals surface area (Å²) in [7, 11) is 1.43. The molecule has 4 atom stereocenters. The van der Waals surface area contributed by atoms with Gasteiger partial charge in [-0.15, -0.1) is 11.8 Å². The van der Waals surface area contributed by atoms with E-state index < -0.39 is 5.82 Å². The Balaban J connectivity index is 1.67. The Labute approximate surface area is 194 Å². The quantitative estimate of drug-likeness (QED) is 0.345. The van der Waals surface area contributed by atoms with E-state index in [1.54, 1.807) is 6.20 Å². The number of methoxy groups -OCH3 is 1. The zero-order chi connectivity index (χ0) is 22.1. The molecule has 0 unspecified atom stereocenters. The van der Waals surface area contributed by atoms with Crippen molar-refractivity contribution in [2.24, 2.45) is 11.8 Å². The van der Waals surface area contributed by atoms with Gasteiger partial charge in [-0.05, 0) is 56.3 Å². The fourth-order valence-electron chi connectivity index (χ4n) is 6.31. The largest absolute Gasteiger partial charge is 0.453 e. The van der Waals surface area contributed by atoms with E-state index in [1.807, 2.05) is 11.2 Å². The number of halogens is 2. The van der Waals surface area contributed by atoms with Gasteiger partial charge in [-0.2, -0.15) is 0 Å². The predicted octanol–water partition coefficient (Wildman–Crippen LogP) is 5.97. The number of likely N-dealkylation sites (tertiary alicyclic amines) is 1. The molecule has 1 saturated heterocycles. The van der Waals surface area contributed by atoms with E-state index in [1.165, 1.54) is 38.1 Å². The summed E-state index contributed by atoms with van der Waals surface area (Å²) in [6, 6.07) is 2.47. The Morgan fingerprint density at radius 1 is 1.28 bits per heavy atom. The van der Waals surface area contributed by atoms with Crippen LogP contribution >= 0.6 is 23.4 Å². The van der Waals surface area contributed by atoms with Crippen LogP contribution < -0.4 is 0 Å². The van der Waals surface area contributed by atoms with Crippen LogP contribution in [0.4, 0.5) is 9.18 Å². The minimum absolute atomic E-state index is 0.0651. The normalized spacial score (nSPS) is 26.8. The minimum atomic E-state index is -0.579. The van der Waals surface area contributed by atoms with E-state index in [0.717, 1.165) is 34.5 Å². The molecule has 0 aromatic carbocycles. The Morgan fingerprint density at radius 3 is 2.75 bits per heavy atom. The first-order chi connectivity index (χ1) is 15.5. The van der Waals surface area contributed by atoms with E-state index >= 15 is 4.39 Å². The lowest BCUT2D eigenvalue weighted by molar-refractivity contribution is 0.113. The highest BCUT2D eigenvalue weighted by atomic mass is 35.5. The van der Waals surface area contributed by atoms with Crippen molar-refractivity contribution in [3.05, 3.63) is 28.9 Å². The second kappa shape index (κ2) is 7.48. The van der Waals surface area contributed by atoms with Gasteiger partial charge in [0.05, 0.1) is 18.7 Å². The first-order valence-electron chi connectivity index (χ1n) is 11.1. The van der Waals surface area contributed by atoms with Gasteiger partial charge >= 0.3 is 6.09 Å². The van der Waals surface area contributed by atoms with E-state index in [0.29, 0.717) is 29.8 Å². The predicted molar refractivity (Wildman–Crippen MR) is 123 cm³/mol. The molecule has 3 aromatic heterocycles. The van der Waals surface area contributed by atoms with Crippen molar-refractivity contribution in [2.75, 3.05) is 19.9 Å². The second-order valence-corrected chi connectivity index (χ2v) is 10.2. The molecule has 3 aromatic rings. The van der Waals surface area contributed by atoms with E-state index in [2.05, 4.69) is 20.6 Å². The van der Waals surface area contributed by atoms with Crippen molar-refractivity contribution in [1.82, 2.24) is 19.4 Å². The molecule has 1 aliphatic heterocycles. The fraction of sp³-hybridized carbons (Fsp3) is 0.522. The number of hydrogen-bond acceptors (Lipinski definition) is 5. The van der Waals surface area contributed by atoms with E-state index in [4.69, 9.17) is 16.3 Å². The van der Waals surface area contributed by atoms with Gasteiger partial charge in [0.15, 0.2) is 11.0 Å². The summed E-state index contributed by atoms with van der Waals surface area (Å²) in [4.78, 5) is 23.1. The van der Waals surface area contributed by atoms with Crippen molar-refractivity contribution < 1.29 is 13.9 Å². The number of pyridine rings is 2. The van der Waals surface area contributed by atoms with Crippen LogP contribution in [-0.2, 0) is 4.74 Å². The maximum atomic E-state index is 15.0. The van der Waals surface area contributed by atoms with Gasteiger partial charge in [-0.1, -0.05) is 11.6 Å². The topological polar surface area (TPSA) is 60.2 Å². The Hall–Kier alpha value is -2.06. The highest BCUT2D eigenvalue weighted by Crippen LogP contribution is 2.59. The monoisotopic (exact) mass is 474 g/mol. The first-order valence-corrected chi connectivity index (χ1v) is 12.7. The van der Waals surface area contributed by atoms with Crippen LogP contribution in [0.15, 0.2) is 17.3 Å². The molecule has 4 aliphatic rings. The molecule has 3 aliphatic carbocycles. The zero-order valence-electron chi connectivity index (χ0n) is 18.0. The average Bonchev–Trinajstić information content (AvgIpc) is 3.58. The van der Waals surface area contributed by atoms with E-state index in [9.17, 15) is 4.79 Å². The molecule has 2 bridgehead atoms. The third-order valence-corrected chi connectivity index (χ3v) is 8.65. The molecule has 0 N–H and O–H groups in total. The molecule has 168 valence electrons. The Bertz CT molecular complexity index is 1250. The van der Waals surface area contributed by atoms with Crippen LogP contribution in [0.25, 0.3) is 21.8 Å². The molecular formula is C23H24ClFN4O2S. The molecule has 3 saturated carbocycles. The van der Waals surface area contributed by atoms with Crippen LogP contribution in [0.5, 0.6) is 0 Å². The number of carbonyl (C=O) groups is 1. The lowest BCUT2D eigenvalue weighted by atomic mass is 9.78. The summed E-state index contributed by atoms with van der Waals surface area (Å²) in [5, 5.41) is 2.28. The smallest absolute Gasteiger partial charge is 0.410 e. The number of fused-ring (bicyclic) bond motifs is 4. The van der Waals surface area contributed by atoms with Gasteiger partial charge in [-0.3, -0.25) is 4.90 Å². The van der Waals surface area contributed by atoms with Gasteiger partial charge in [0, 0.05) is 35.2 Å². The van der Waals surface area contributed by atoms with Crippen LogP contribution in [0.1, 0.15) is 49.9 Å². The van der Waals surface area contributed by atoms with Crippen molar-refractivity contribution >= 4 is 51.3 Å². The van der Waals surface area contributed by atoms with Crippen LogP contribution in [0.3, 0.4) is 0 Å². The van der Waals surface area contributed by atoms with Crippen molar-refractivity contribution in [1.29, 1.82) is 0 Å². The number of hydrogen-bond donors (Lipinski definition) is 0. The van der Waals surface area contributed by atoms with Crippen molar-refractivity contribution in [3.8, 4) is 0 Å². The standard InChI is InChI=1S/C23H24ClFN4O2S/c1-31-23(30)28-7-3-4-15(28)16-9-13-20(29(16)19-11-5-6-12(19)8-11)14-10-26-21(24)17(25)18(14)27-22(13)32-2/h9-12,15,19H,3-8H2,1-2H3/t11-,12+,15-,19-/m1/s1. The van der Waals surface area contributed by atoms with Gasteiger partial charge < -0.3 is 9.30 Å². The molecule has 32 heavy (non-hydrogen) atoms. The Kier molecular flexibility index (Phi) is 4.80. The first kappa shape index (κ1) is 20.5. The summed E-state index contributed by atoms with van der Waals surface area (Å²) >= 11 is 7.51. The highest BCUT2D eigenvalue weighted by molar-refractivity contribution is 7.98. The summed E-state index contributed by atoms with van der Waals surface area (Å²) < 4.78 is 22.5. The lowest BCUT2D eigenvalue weighted by Crippen LogP contribution is -2.35. The van der Waals surface area contributed by atoms with Gasteiger partial charge in [0.25, 0.3) is 0 Å². The molecule has 7 rings (SSSR count). The minimum Gasteiger partial charge on any atom is -0.453 e. The van der Waals surface area contributed by atoms with Crippen LogP contribution in [0.2, 0.25) is 5.15 Å². The average molecular weight is 475 g/mol. The number of amides is 1. The number of nitrogens with zero attached hydrogens (tertiary/aromatic N) is 4.